The van der Waals surface area contributed by atoms with Gasteiger partial charge < -0.3 is 0 Å². The third-order valence-corrected chi connectivity index (χ3v) is 3.32. The number of carbonyl (C=O) groups excluding carboxylic acids is 1. The first-order valence-corrected chi connectivity index (χ1v) is 4.88. The maximum atomic E-state index is 11.5. The largest absolute Gasteiger partial charge is 0.289 e. The quantitative estimate of drug-likeness (QED) is 0.586. The molecule has 3 heteroatoms. The van der Waals surface area contributed by atoms with Crippen LogP contribution in [0.2, 0.25) is 4.34 Å². The van der Waals surface area contributed by atoms with E-state index in [1.807, 2.05) is 0 Å². The molecule has 0 fully saturated rings. The summed E-state index contributed by atoms with van der Waals surface area (Å²) in [5, 5.41) is 0. The molecule has 1 heterocycles. The Morgan fingerprint density at radius 1 is 1.50 bits per heavy atom. The van der Waals surface area contributed by atoms with Gasteiger partial charge in [-0.3, -0.25) is 4.79 Å². The SMILES string of the molecule is C=C1CCc2sc(Cl)cc2C1=O. The van der Waals surface area contributed by atoms with Crippen molar-refractivity contribution in [3.63, 3.8) is 0 Å². The van der Waals surface area contributed by atoms with Crippen molar-refractivity contribution < 1.29 is 4.79 Å². The Kier molecular flexibility index (Phi) is 1.81. The first-order chi connectivity index (χ1) is 5.68. The van der Waals surface area contributed by atoms with Gasteiger partial charge in [-0.05, 0) is 24.5 Å². The van der Waals surface area contributed by atoms with Crippen molar-refractivity contribution >= 4 is 28.7 Å². The smallest absolute Gasteiger partial charge is 0.189 e. The van der Waals surface area contributed by atoms with Gasteiger partial charge >= 0.3 is 0 Å². The highest BCUT2D eigenvalue weighted by atomic mass is 35.5. The summed E-state index contributed by atoms with van der Waals surface area (Å²) >= 11 is 7.30. The first-order valence-electron chi connectivity index (χ1n) is 3.69. The average Bonchev–Trinajstić information content (AvgIpc) is 2.39. The van der Waals surface area contributed by atoms with Crippen LogP contribution in [0.4, 0.5) is 0 Å². The second-order valence-corrected chi connectivity index (χ2v) is 4.59. The third-order valence-electron chi connectivity index (χ3n) is 2.00. The predicted molar refractivity (Wildman–Crippen MR) is 51.1 cm³/mol. The molecule has 0 saturated heterocycles. The molecule has 0 unspecified atom stereocenters. The van der Waals surface area contributed by atoms with Crippen LogP contribution in [0, 0.1) is 0 Å². The van der Waals surface area contributed by atoms with Gasteiger partial charge in [-0.2, -0.15) is 0 Å². The molecule has 0 radical (unpaired) electrons. The summed E-state index contributed by atoms with van der Waals surface area (Å²) in [6.45, 7) is 3.72. The third kappa shape index (κ3) is 1.11. The second kappa shape index (κ2) is 2.71. The minimum atomic E-state index is 0.0689. The Morgan fingerprint density at radius 3 is 3.00 bits per heavy atom. The fourth-order valence-corrected chi connectivity index (χ4v) is 2.61. The number of allylic oxidation sites excluding steroid dienone is 1. The molecule has 0 amide bonds. The number of fused-ring (bicyclic) bond motifs is 1. The fourth-order valence-electron chi connectivity index (χ4n) is 1.34. The van der Waals surface area contributed by atoms with Gasteiger partial charge in [-0.15, -0.1) is 11.3 Å². The van der Waals surface area contributed by atoms with E-state index >= 15 is 0 Å². The van der Waals surface area contributed by atoms with Crippen molar-refractivity contribution in [2.75, 3.05) is 0 Å². The molecule has 1 aromatic rings. The summed E-state index contributed by atoms with van der Waals surface area (Å²) in [7, 11) is 0. The van der Waals surface area contributed by atoms with Gasteiger partial charge in [0.15, 0.2) is 5.78 Å². The number of rotatable bonds is 0. The number of hydrogen-bond donors (Lipinski definition) is 0. The van der Waals surface area contributed by atoms with E-state index in [2.05, 4.69) is 6.58 Å². The lowest BCUT2D eigenvalue weighted by Gasteiger charge is -2.10. The molecule has 0 spiro atoms. The summed E-state index contributed by atoms with van der Waals surface area (Å²) in [4.78, 5) is 12.6. The Balaban J connectivity index is 2.55. The van der Waals surface area contributed by atoms with E-state index in [9.17, 15) is 4.79 Å². The zero-order valence-electron chi connectivity index (χ0n) is 6.39. The molecule has 1 nitrogen and oxygen atoms in total. The van der Waals surface area contributed by atoms with E-state index in [4.69, 9.17) is 11.6 Å². The van der Waals surface area contributed by atoms with Crippen LogP contribution in [0.25, 0.3) is 0 Å². The average molecular weight is 199 g/mol. The number of ketones is 1. The lowest BCUT2D eigenvalue weighted by atomic mass is 9.94. The van der Waals surface area contributed by atoms with Gasteiger partial charge in [0.05, 0.1) is 4.34 Å². The van der Waals surface area contributed by atoms with Crippen LogP contribution in [0.3, 0.4) is 0 Å². The van der Waals surface area contributed by atoms with E-state index in [1.165, 1.54) is 11.3 Å². The van der Waals surface area contributed by atoms with Crippen LogP contribution in [0.15, 0.2) is 18.2 Å². The minimum absolute atomic E-state index is 0.0689. The van der Waals surface area contributed by atoms with E-state index in [0.717, 1.165) is 23.3 Å². The Morgan fingerprint density at radius 2 is 2.25 bits per heavy atom. The van der Waals surface area contributed by atoms with Gasteiger partial charge in [-0.1, -0.05) is 18.2 Å². The van der Waals surface area contributed by atoms with Crippen LogP contribution in [-0.2, 0) is 6.42 Å². The second-order valence-electron chi connectivity index (χ2n) is 2.82. The van der Waals surface area contributed by atoms with Gasteiger partial charge in [-0.25, -0.2) is 0 Å². The summed E-state index contributed by atoms with van der Waals surface area (Å²) < 4.78 is 0.697. The van der Waals surface area contributed by atoms with Crippen molar-refractivity contribution in [3.8, 4) is 0 Å². The summed E-state index contributed by atoms with van der Waals surface area (Å²) in [6.07, 6.45) is 1.69. The Labute approximate surface area is 79.7 Å². The van der Waals surface area contributed by atoms with Gasteiger partial charge in [0.1, 0.15) is 0 Å². The molecule has 1 aliphatic carbocycles. The molecular weight excluding hydrogens is 192 g/mol. The van der Waals surface area contributed by atoms with E-state index in [0.29, 0.717) is 9.91 Å². The molecule has 0 aliphatic heterocycles. The maximum Gasteiger partial charge on any atom is 0.189 e. The van der Waals surface area contributed by atoms with Crippen molar-refractivity contribution in [2.45, 2.75) is 12.8 Å². The minimum Gasteiger partial charge on any atom is -0.289 e. The number of thiophene rings is 1. The molecule has 0 saturated carbocycles. The first kappa shape index (κ1) is 8.02. The van der Waals surface area contributed by atoms with Crippen molar-refractivity contribution in [1.82, 2.24) is 0 Å². The van der Waals surface area contributed by atoms with Gasteiger partial charge in [0, 0.05) is 10.4 Å². The molecule has 62 valence electrons. The number of hydrogen-bond acceptors (Lipinski definition) is 2. The Bertz CT molecular complexity index is 365. The van der Waals surface area contributed by atoms with Crippen LogP contribution in [-0.4, -0.2) is 5.78 Å². The fraction of sp³-hybridized carbons (Fsp3) is 0.222. The highest BCUT2D eigenvalue weighted by molar-refractivity contribution is 7.16. The number of carbonyl (C=O) groups is 1. The normalized spacial score (nSPS) is 16.4. The predicted octanol–water partition coefficient (Wildman–Crippen LogP) is 3.09. The number of Topliss-reactive ketones (excluding diaryl/α,β-unsaturated/α-hetero) is 1. The Hall–Kier alpha value is -0.600. The highest BCUT2D eigenvalue weighted by Gasteiger charge is 2.22. The molecular formula is C9H7ClOS. The lowest BCUT2D eigenvalue weighted by molar-refractivity contribution is 0.102. The standard InChI is InChI=1S/C9H7ClOS/c1-5-2-3-7-6(9(5)11)4-8(10)12-7/h4H,1-3H2. The summed E-state index contributed by atoms with van der Waals surface area (Å²) in [6, 6.07) is 1.74. The van der Waals surface area contributed by atoms with Crippen molar-refractivity contribution in [3.05, 3.63) is 33.0 Å². The van der Waals surface area contributed by atoms with Gasteiger partial charge in [0.25, 0.3) is 0 Å². The lowest BCUT2D eigenvalue weighted by Crippen LogP contribution is -2.10. The molecule has 12 heavy (non-hydrogen) atoms. The van der Waals surface area contributed by atoms with E-state index in [1.54, 1.807) is 6.07 Å². The summed E-state index contributed by atoms with van der Waals surface area (Å²) in [5.74, 6) is 0.0689. The zero-order chi connectivity index (χ0) is 8.72. The monoisotopic (exact) mass is 198 g/mol. The topological polar surface area (TPSA) is 17.1 Å². The molecule has 1 aromatic heterocycles. The molecule has 2 rings (SSSR count). The van der Waals surface area contributed by atoms with E-state index in [-0.39, 0.29) is 5.78 Å². The van der Waals surface area contributed by atoms with Crippen LogP contribution >= 0.6 is 22.9 Å². The van der Waals surface area contributed by atoms with Crippen LogP contribution in [0.1, 0.15) is 21.7 Å². The van der Waals surface area contributed by atoms with E-state index < -0.39 is 0 Å². The summed E-state index contributed by atoms with van der Waals surface area (Å²) in [5.41, 5.74) is 1.47. The maximum absolute atomic E-state index is 11.5. The van der Waals surface area contributed by atoms with Crippen molar-refractivity contribution in [2.24, 2.45) is 0 Å². The number of halogens is 1. The molecule has 0 N–H and O–H groups in total. The van der Waals surface area contributed by atoms with Crippen molar-refractivity contribution in [1.29, 1.82) is 0 Å². The molecule has 0 aromatic carbocycles. The molecule has 0 atom stereocenters. The van der Waals surface area contributed by atoms with Crippen LogP contribution in [0.5, 0.6) is 0 Å². The highest BCUT2D eigenvalue weighted by Crippen LogP contribution is 2.33. The molecule has 1 aliphatic rings. The zero-order valence-corrected chi connectivity index (χ0v) is 7.97. The van der Waals surface area contributed by atoms with Crippen LogP contribution < -0.4 is 0 Å². The van der Waals surface area contributed by atoms with Gasteiger partial charge in [0.2, 0.25) is 0 Å². The number of aryl methyl sites for hydroxylation is 1. The molecule has 0 bridgehead atoms.